The van der Waals surface area contributed by atoms with Crippen LogP contribution in [0.2, 0.25) is 0 Å². The summed E-state index contributed by atoms with van der Waals surface area (Å²) in [5, 5.41) is 20.4. The number of benzene rings is 5. The summed E-state index contributed by atoms with van der Waals surface area (Å²) in [5.74, 6) is 0.693. The van der Waals surface area contributed by atoms with Gasteiger partial charge >= 0.3 is 0 Å². The number of aliphatic imine (C=N–C) groups is 1. The van der Waals surface area contributed by atoms with Gasteiger partial charge in [0.25, 0.3) is 0 Å². The largest absolute Gasteiger partial charge is 0.445 e. The Morgan fingerprint density at radius 2 is 1.36 bits per heavy atom. The van der Waals surface area contributed by atoms with Crippen LogP contribution in [0, 0.1) is 11.3 Å². The molecule has 186 valence electrons. The molecule has 5 nitrogen and oxygen atoms in total. The van der Waals surface area contributed by atoms with Crippen LogP contribution < -0.4 is 5.32 Å². The molecule has 0 fully saturated rings. The standard InChI is InChI=1S/C34H24N5/c35-22-23-9-8-12-26(21-23)34-37-32(24-10-2-1-3-11-24)36-33(38-34)25-17-19-27(20-18-25)39-30-15-6-4-13-28(30)29-14-5-7-16-31(29)39/h1-21,33-34,38H/q-1. The van der Waals surface area contributed by atoms with Crippen LogP contribution in [0.4, 0.5) is 0 Å². The zero-order valence-corrected chi connectivity index (χ0v) is 21.1. The lowest BCUT2D eigenvalue weighted by Crippen LogP contribution is -2.31. The fraction of sp³-hybridized carbons (Fsp3) is 0.0588. The van der Waals surface area contributed by atoms with E-state index in [0.717, 1.165) is 22.4 Å². The van der Waals surface area contributed by atoms with Crippen LogP contribution in [0.5, 0.6) is 0 Å². The molecule has 0 bridgehead atoms. The van der Waals surface area contributed by atoms with Gasteiger partial charge in [-0.15, -0.1) is 0 Å². The number of fused-ring (bicyclic) bond motifs is 3. The van der Waals surface area contributed by atoms with Crippen molar-refractivity contribution in [3.05, 3.63) is 155 Å². The van der Waals surface area contributed by atoms with Gasteiger partial charge < -0.3 is 20.2 Å². The van der Waals surface area contributed by atoms with Crippen molar-refractivity contribution in [3.8, 4) is 11.8 Å². The van der Waals surface area contributed by atoms with E-state index in [4.69, 9.17) is 10.3 Å². The number of hydrogen-bond donors (Lipinski definition) is 1. The van der Waals surface area contributed by atoms with E-state index in [1.165, 1.54) is 21.8 Å². The molecule has 2 atom stereocenters. The summed E-state index contributed by atoms with van der Waals surface area (Å²) in [4.78, 5) is 5.00. The van der Waals surface area contributed by atoms with E-state index in [0.29, 0.717) is 11.4 Å². The van der Waals surface area contributed by atoms with Gasteiger partial charge in [-0.2, -0.15) is 5.26 Å². The minimum atomic E-state index is -0.326. The van der Waals surface area contributed by atoms with E-state index in [1.54, 1.807) is 0 Å². The predicted octanol–water partition coefficient (Wildman–Crippen LogP) is 7.78. The zero-order chi connectivity index (χ0) is 26.2. The average Bonchev–Trinajstić information content (AvgIpc) is 3.36. The fourth-order valence-electron chi connectivity index (χ4n) is 5.36. The number of hydrogen-bond acceptors (Lipinski definition) is 3. The van der Waals surface area contributed by atoms with Crippen LogP contribution >= 0.6 is 0 Å². The second kappa shape index (κ2) is 9.60. The van der Waals surface area contributed by atoms with Gasteiger partial charge in [0.15, 0.2) is 0 Å². The number of nitrogens with one attached hydrogen (secondary N) is 1. The lowest BCUT2D eigenvalue weighted by molar-refractivity contribution is 0.488. The van der Waals surface area contributed by atoms with Crippen molar-refractivity contribution < 1.29 is 0 Å². The smallest absolute Gasteiger partial charge is 0.0991 e. The summed E-state index contributed by atoms with van der Waals surface area (Å²) in [6.45, 7) is 0. The van der Waals surface area contributed by atoms with Gasteiger partial charge in [0.05, 0.1) is 22.7 Å². The van der Waals surface area contributed by atoms with E-state index in [9.17, 15) is 5.26 Å². The van der Waals surface area contributed by atoms with Crippen LogP contribution in [0.1, 0.15) is 34.6 Å². The molecule has 1 aromatic heterocycles. The average molecular weight is 503 g/mol. The molecule has 0 radical (unpaired) electrons. The Kier molecular flexibility index (Phi) is 5.66. The van der Waals surface area contributed by atoms with Crippen molar-refractivity contribution >= 4 is 27.6 Å². The van der Waals surface area contributed by atoms with Crippen molar-refractivity contribution in [3.63, 3.8) is 0 Å². The Balaban J connectivity index is 1.29. The molecule has 0 saturated heterocycles. The first-order valence-corrected chi connectivity index (χ1v) is 13.0. The quantitative estimate of drug-likeness (QED) is 0.267. The lowest BCUT2D eigenvalue weighted by atomic mass is 10.0. The van der Waals surface area contributed by atoms with Crippen molar-refractivity contribution in [2.75, 3.05) is 0 Å². The molecule has 39 heavy (non-hydrogen) atoms. The second-order valence-corrected chi connectivity index (χ2v) is 9.62. The molecule has 1 aliphatic rings. The van der Waals surface area contributed by atoms with E-state index in [1.807, 2.05) is 54.6 Å². The molecule has 2 heterocycles. The molecule has 6 aromatic rings. The van der Waals surface area contributed by atoms with Crippen LogP contribution in [0.15, 0.2) is 132 Å². The number of aromatic nitrogens is 1. The first kappa shape index (κ1) is 23.0. The third kappa shape index (κ3) is 4.14. The maximum absolute atomic E-state index is 9.43. The van der Waals surface area contributed by atoms with Crippen LogP contribution in [0.3, 0.4) is 0 Å². The fourth-order valence-corrected chi connectivity index (χ4v) is 5.36. The highest BCUT2D eigenvalue weighted by Gasteiger charge is 2.19. The van der Waals surface area contributed by atoms with E-state index in [-0.39, 0.29) is 12.3 Å². The SMILES string of the molecule is N#Cc1cccc(C2[N-]C(c3ccccc3)=NC(c3ccc(-n4c5ccccc5c5ccccc54)cc3)N2)c1. The van der Waals surface area contributed by atoms with Crippen LogP contribution in [-0.2, 0) is 0 Å². The minimum absolute atomic E-state index is 0.291. The topological polar surface area (TPSA) is 67.2 Å². The molecule has 0 spiro atoms. The number of amidine groups is 1. The molecule has 1 aliphatic heterocycles. The second-order valence-electron chi connectivity index (χ2n) is 9.62. The Bertz CT molecular complexity index is 1820. The van der Waals surface area contributed by atoms with Crippen molar-refractivity contribution in [1.82, 2.24) is 9.88 Å². The van der Waals surface area contributed by atoms with Gasteiger partial charge in [0.1, 0.15) is 0 Å². The highest BCUT2D eigenvalue weighted by atomic mass is 15.3. The molecule has 5 aromatic carbocycles. The Morgan fingerprint density at radius 3 is 2.05 bits per heavy atom. The minimum Gasteiger partial charge on any atom is -0.445 e. The molecule has 0 amide bonds. The highest BCUT2D eigenvalue weighted by molar-refractivity contribution is 6.10. The van der Waals surface area contributed by atoms with Gasteiger partial charge in [0, 0.05) is 28.8 Å². The third-order valence-corrected chi connectivity index (χ3v) is 7.23. The predicted molar refractivity (Wildman–Crippen MR) is 157 cm³/mol. The highest BCUT2D eigenvalue weighted by Crippen LogP contribution is 2.35. The van der Waals surface area contributed by atoms with Gasteiger partial charge in [0.2, 0.25) is 0 Å². The zero-order valence-electron chi connectivity index (χ0n) is 21.1. The monoisotopic (exact) mass is 502 g/mol. The molecule has 0 aliphatic carbocycles. The van der Waals surface area contributed by atoms with Gasteiger partial charge in [-0.25, -0.2) is 0 Å². The first-order chi connectivity index (χ1) is 19.3. The number of nitrogens with zero attached hydrogens (tertiary/aromatic N) is 4. The summed E-state index contributed by atoms with van der Waals surface area (Å²) < 4.78 is 2.31. The first-order valence-electron chi connectivity index (χ1n) is 13.0. The van der Waals surface area contributed by atoms with Gasteiger partial charge in [-0.05, 0) is 53.1 Å². The van der Waals surface area contributed by atoms with Crippen molar-refractivity contribution in [2.45, 2.75) is 12.3 Å². The molecule has 0 saturated carbocycles. The maximum atomic E-state index is 9.43. The van der Waals surface area contributed by atoms with Crippen LogP contribution in [0.25, 0.3) is 32.8 Å². The summed E-state index contributed by atoms with van der Waals surface area (Å²) in [7, 11) is 0. The van der Waals surface area contributed by atoms with Crippen molar-refractivity contribution in [2.24, 2.45) is 4.99 Å². The number of rotatable bonds is 4. The van der Waals surface area contributed by atoms with E-state index >= 15 is 0 Å². The van der Waals surface area contributed by atoms with E-state index in [2.05, 4.69) is 88.7 Å². The Morgan fingerprint density at radius 1 is 0.692 bits per heavy atom. The number of nitriles is 1. The lowest BCUT2D eigenvalue weighted by Gasteiger charge is -2.40. The Labute approximate surface area is 226 Å². The van der Waals surface area contributed by atoms with E-state index < -0.39 is 0 Å². The summed E-state index contributed by atoms with van der Waals surface area (Å²) in [6.07, 6.45) is -0.617. The molecule has 1 N–H and O–H groups in total. The third-order valence-electron chi connectivity index (χ3n) is 7.23. The van der Waals surface area contributed by atoms with Gasteiger partial charge in [-0.3, -0.25) is 0 Å². The van der Waals surface area contributed by atoms with Crippen LogP contribution in [-0.4, -0.2) is 10.4 Å². The molecule has 7 rings (SSSR count). The maximum Gasteiger partial charge on any atom is 0.0991 e. The van der Waals surface area contributed by atoms with Crippen molar-refractivity contribution in [1.29, 1.82) is 5.26 Å². The normalized spacial score (nSPS) is 16.9. The summed E-state index contributed by atoms with van der Waals surface area (Å²) in [5.41, 5.74) is 7.02. The van der Waals surface area contributed by atoms with Gasteiger partial charge in [-0.1, -0.05) is 96.8 Å². The number of para-hydroxylation sites is 2. The molecular weight excluding hydrogens is 478 g/mol. The summed E-state index contributed by atoms with van der Waals surface area (Å²) in [6, 6.07) is 45.5. The summed E-state index contributed by atoms with van der Waals surface area (Å²) >= 11 is 0. The Hall–Kier alpha value is -5.18. The molecule has 2 unspecified atom stereocenters. The molecule has 5 heteroatoms. The molecular formula is C34H24N5-.